The molecule has 0 saturated carbocycles. The Labute approximate surface area is 151 Å². The number of carbonyl (C=O) groups excluding carboxylic acids is 1. The lowest BCUT2D eigenvalue weighted by Crippen LogP contribution is -2.49. The predicted octanol–water partition coefficient (Wildman–Crippen LogP) is 3.48. The third-order valence-corrected chi connectivity index (χ3v) is 4.36. The molecule has 1 amide bonds. The standard InChI is InChI=1S/C17H23F3N2O2.ClH/c1-11(21)13-6-5-9-22(10-13)16(23)12(2)24-15-8-4-3-7-14(15)17(18,19)20;/h3-4,7-8,11-13H,5-6,9-10,21H2,1-2H3;1H. The number of nitrogens with two attached hydrogens (primary N) is 1. The van der Waals surface area contributed by atoms with E-state index in [1.165, 1.54) is 25.1 Å². The normalized spacial score (nSPS) is 20.4. The van der Waals surface area contributed by atoms with Gasteiger partial charge in [-0.3, -0.25) is 4.79 Å². The highest BCUT2D eigenvalue weighted by atomic mass is 35.5. The molecule has 2 N–H and O–H groups in total. The minimum Gasteiger partial charge on any atom is -0.480 e. The number of para-hydroxylation sites is 1. The number of amides is 1. The molecule has 3 atom stereocenters. The lowest BCUT2D eigenvalue weighted by atomic mass is 9.92. The number of likely N-dealkylation sites (tertiary alicyclic amines) is 1. The van der Waals surface area contributed by atoms with E-state index in [4.69, 9.17) is 10.5 Å². The van der Waals surface area contributed by atoms with Crippen molar-refractivity contribution in [1.29, 1.82) is 0 Å². The quantitative estimate of drug-likeness (QED) is 0.870. The molecule has 1 aromatic rings. The average molecular weight is 381 g/mol. The Morgan fingerprint density at radius 2 is 1.96 bits per heavy atom. The number of carbonyl (C=O) groups is 1. The molecule has 1 saturated heterocycles. The first-order valence-corrected chi connectivity index (χ1v) is 8.07. The molecule has 1 aliphatic rings. The highest BCUT2D eigenvalue weighted by Gasteiger charge is 2.35. The molecule has 4 nitrogen and oxygen atoms in total. The molecule has 0 spiro atoms. The summed E-state index contributed by atoms with van der Waals surface area (Å²) < 4.78 is 44.4. The zero-order valence-electron chi connectivity index (χ0n) is 14.3. The second kappa shape index (κ2) is 8.76. The summed E-state index contributed by atoms with van der Waals surface area (Å²) >= 11 is 0. The molecule has 0 aliphatic carbocycles. The molecule has 3 unspecified atom stereocenters. The Morgan fingerprint density at radius 3 is 2.56 bits per heavy atom. The van der Waals surface area contributed by atoms with Gasteiger partial charge >= 0.3 is 6.18 Å². The molecule has 1 aromatic carbocycles. The van der Waals surface area contributed by atoms with Crippen molar-refractivity contribution in [1.82, 2.24) is 4.90 Å². The summed E-state index contributed by atoms with van der Waals surface area (Å²) in [5.74, 6) is -0.429. The molecule has 0 aromatic heterocycles. The largest absolute Gasteiger partial charge is 0.480 e. The number of piperidine rings is 1. The summed E-state index contributed by atoms with van der Waals surface area (Å²) in [6.07, 6.45) is -3.72. The third-order valence-electron chi connectivity index (χ3n) is 4.36. The minimum absolute atomic E-state index is 0. The molecule has 0 radical (unpaired) electrons. The number of hydrogen-bond acceptors (Lipinski definition) is 3. The van der Waals surface area contributed by atoms with E-state index in [0.717, 1.165) is 18.9 Å². The Morgan fingerprint density at radius 1 is 1.32 bits per heavy atom. The average Bonchev–Trinajstić information content (AvgIpc) is 2.53. The molecule has 1 heterocycles. The van der Waals surface area contributed by atoms with Crippen LogP contribution in [0.5, 0.6) is 5.75 Å². The summed E-state index contributed by atoms with van der Waals surface area (Å²) in [5, 5.41) is 0. The zero-order chi connectivity index (χ0) is 17.9. The van der Waals surface area contributed by atoms with Gasteiger partial charge in [-0.15, -0.1) is 12.4 Å². The van der Waals surface area contributed by atoms with E-state index in [1.807, 2.05) is 6.92 Å². The van der Waals surface area contributed by atoms with Crippen LogP contribution in [0.2, 0.25) is 0 Å². The van der Waals surface area contributed by atoms with Crippen molar-refractivity contribution in [3.8, 4) is 5.75 Å². The first-order valence-electron chi connectivity index (χ1n) is 8.07. The van der Waals surface area contributed by atoms with Crippen LogP contribution in [0, 0.1) is 5.92 Å². The van der Waals surface area contributed by atoms with Crippen LogP contribution in [-0.2, 0) is 11.0 Å². The highest BCUT2D eigenvalue weighted by molar-refractivity contribution is 5.85. The number of hydrogen-bond donors (Lipinski definition) is 1. The van der Waals surface area contributed by atoms with Crippen LogP contribution in [0.3, 0.4) is 0 Å². The van der Waals surface area contributed by atoms with Crippen molar-refractivity contribution in [2.75, 3.05) is 13.1 Å². The molecule has 142 valence electrons. The molecule has 0 bridgehead atoms. The smallest absolute Gasteiger partial charge is 0.419 e. The van der Waals surface area contributed by atoms with Crippen molar-refractivity contribution in [2.45, 2.75) is 45.0 Å². The van der Waals surface area contributed by atoms with Crippen molar-refractivity contribution >= 4 is 18.3 Å². The van der Waals surface area contributed by atoms with E-state index in [1.54, 1.807) is 4.90 Å². The highest BCUT2D eigenvalue weighted by Crippen LogP contribution is 2.36. The van der Waals surface area contributed by atoms with Gasteiger partial charge in [-0.1, -0.05) is 12.1 Å². The Balaban J connectivity index is 0.00000312. The fraction of sp³-hybridized carbons (Fsp3) is 0.588. The summed E-state index contributed by atoms with van der Waals surface area (Å²) in [6, 6.07) is 4.89. The number of halogens is 4. The second-order valence-corrected chi connectivity index (χ2v) is 6.30. The molecular formula is C17H24ClF3N2O2. The van der Waals surface area contributed by atoms with Gasteiger partial charge in [0.05, 0.1) is 5.56 Å². The van der Waals surface area contributed by atoms with E-state index in [-0.39, 0.29) is 36.0 Å². The van der Waals surface area contributed by atoms with E-state index >= 15 is 0 Å². The Kier molecular flexibility index (Phi) is 7.56. The number of benzene rings is 1. The van der Waals surface area contributed by atoms with Crippen LogP contribution < -0.4 is 10.5 Å². The molecule has 2 rings (SSSR count). The number of rotatable bonds is 4. The maximum atomic E-state index is 13.0. The molecule has 1 fully saturated rings. The molecular weight excluding hydrogens is 357 g/mol. The number of ether oxygens (including phenoxy) is 1. The van der Waals surface area contributed by atoms with E-state index in [0.29, 0.717) is 13.1 Å². The SMILES string of the molecule is CC(Oc1ccccc1C(F)(F)F)C(=O)N1CCCC(C(C)N)C1.Cl. The summed E-state index contributed by atoms with van der Waals surface area (Å²) in [4.78, 5) is 14.1. The maximum Gasteiger partial charge on any atom is 0.419 e. The predicted molar refractivity (Wildman–Crippen MR) is 91.7 cm³/mol. The van der Waals surface area contributed by atoms with Crippen LogP contribution >= 0.6 is 12.4 Å². The van der Waals surface area contributed by atoms with Crippen LogP contribution in [0.15, 0.2) is 24.3 Å². The minimum atomic E-state index is -4.52. The third kappa shape index (κ3) is 5.51. The fourth-order valence-electron chi connectivity index (χ4n) is 2.94. The van der Waals surface area contributed by atoms with Gasteiger partial charge in [0.1, 0.15) is 5.75 Å². The second-order valence-electron chi connectivity index (χ2n) is 6.30. The van der Waals surface area contributed by atoms with Crippen LogP contribution in [0.25, 0.3) is 0 Å². The van der Waals surface area contributed by atoms with Crippen LogP contribution in [-0.4, -0.2) is 36.0 Å². The van der Waals surface area contributed by atoms with E-state index in [9.17, 15) is 18.0 Å². The zero-order valence-corrected chi connectivity index (χ0v) is 15.1. The van der Waals surface area contributed by atoms with Crippen molar-refractivity contribution < 1.29 is 22.7 Å². The van der Waals surface area contributed by atoms with E-state index in [2.05, 4.69) is 0 Å². The number of alkyl halides is 3. The van der Waals surface area contributed by atoms with Crippen molar-refractivity contribution in [2.24, 2.45) is 11.7 Å². The fourth-order valence-corrected chi connectivity index (χ4v) is 2.94. The van der Waals surface area contributed by atoms with Gasteiger partial charge in [0.25, 0.3) is 5.91 Å². The van der Waals surface area contributed by atoms with E-state index < -0.39 is 17.8 Å². The summed E-state index contributed by atoms with van der Waals surface area (Å²) in [7, 11) is 0. The maximum absolute atomic E-state index is 13.0. The Bertz CT molecular complexity index is 581. The summed E-state index contributed by atoms with van der Waals surface area (Å²) in [5.41, 5.74) is 5.02. The molecule has 25 heavy (non-hydrogen) atoms. The van der Waals surface area contributed by atoms with Crippen molar-refractivity contribution in [3.05, 3.63) is 29.8 Å². The van der Waals surface area contributed by atoms with Gasteiger partial charge in [0, 0.05) is 19.1 Å². The monoisotopic (exact) mass is 380 g/mol. The van der Waals surface area contributed by atoms with Gasteiger partial charge in [-0.05, 0) is 44.7 Å². The lowest BCUT2D eigenvalue weighted by molar-refractivity contribution is -0.144. The first-order chi connectivity index (χ1) is 11.2. The van der Waals surface area contributed by atoms with Crippen LogP contribution in [0.4, 0.5) is 13.2 Å². The van der Waals surface area contributed by atoms with Gasteiger partial charge in [-0.2, -0.15) is 13.2 Å². The van der Waals surface area contributed by atoms with Gasteiger partial charge in [0.2, 0.25) is 0 Å². The Hall–Kier alpha value is -1.47. The number of nitrogens with zero attached hydrogens (tertiary/aromatic N) is 1. The molecule has 1 aliphatic heterocycles. The van der Waals surface area contributed by atoms with Crippen LogP contribution in [0.1, 0.15) is 32.3 Å². The lowest BCUT2D eigenvalue weighted by Gasteiger charge is -2.36. The first kappa shape index (κ1) is 21.6. The molecule has 8 heteroatoms. The van der Waals surface area contributed by atoms with Gasteiger partial charge in [-0.25, -0.2) is 0 Å². The summed E-state index contributed by atoms with van der Waals surface area (Å²) in [6.45, 7) is 4.48. The topological polar surface area (TPSA) is 55.6 Å². The van der Waals surface area contributed by atoms with Crippen molar-refractivity contribution in [3.63, 3.8) is 0 Å². The van der Waals surface area contributed by atoms with Gasteiger partial charge in [0.15, 0.2) is 6.10 Å². The van der Waals surface area contributed by atoms with Gasteiger partial charge < -0.3 is 15.4 Å².